The Bertz CT molecular complexity index is 812. The zero-order valence-electron chi connectivity index (χ0n) is 14.5. The van der Waals surface area contributed by atoms with Crippen molar-refractivity contribution >= 4 is 45.2 Å². The number of sulfonamides is 1. The molecule has 0 radical (unpaired) electrons. The van der Waals surface area contributed by atoms with Gasteiger partial charge in [0.1, 0.15) is 16.3 Å². The maximum Gasteiger partial charge on any atom is 0.245 e. The largest absolute Gasteiger partial charge is 0.316 e. The highest BCUT2D eigenvalue weighted by molar-refractivity contribution is 7.89. The molecule has 4 rings (SSSR count). The van der Waals surface area contributed by atoms with Crippen LogP contribution >= 0.6 is 12.4 Å². The van der Waals surface area contributed by atoms with Crippen LogP contribution in [0.5, 0.6) is 0 Å². The second-order valence-electron chi connectivity index (χ2n) is 6.81. The number of nitrogens with one attached hydrogen (secondary N) is 1. The summed E-state index contributed by atoms with van der Waals surface area (Å²) in [5, 5.41) is 3.45. The van der Waals surface area contributed by atoms with Gasteiger partial charge < -0.3 is 10.2 Å². The van der Waals surface area contributed by atoms with E-state index in [4.69, 9.17) is 0 Å². The monoisotopic (exact) mass is 417 g/mol. The van der Waals surface area contributed by atoms with Gasteiger partial charge in [0.25, 0.3) is 0 Å². The van der Waals surface area contributed by atoms with Crippen molar-refractivity contribution in [2.45, 2.75) is 17.7 Å². The van der Waals surface area contributed by atoms with Crippen molar-refractivity contribution in [1.82, 2.24) is 14.5 Å². The van der Waals surface area contributed by atoms with Crippen molar-refractivity contribution < 1.29 is 8.42 Å². The number of piperazine rings is 1. The van der Waals surface area contributed by atoms with E-state index in [0.717, 1.165) is 44.1 Å². The molecule has 1 aromatic rings. The molecular weight excluding hydrogens is 394 g/mol. The van der Waals surface area contributed by atoms with E-state index in [1.807, 2.05) is 0 Å². The van der Waals surface area contributed by atoms with Crippen LogP contribution in [0.25, 0.3) is 0 Å². The van der Waals surface area contributed by atoms with Crippen molar-refractivity contribution in [3.63, 3.8) is 0 Å². The van der Waals surface area contributed by atoms with Crippen LogP contribution in [0.2, 0.25) is 0 Å². The number of piperidine rings is 1. The molecule has 0 spiro atoms. The van der Waals surface area contributed by atoms with Gasteiger partial charge in [-0.05, 0) is 44.0 Å². The third kappa shape index (κ3) is 4.02. The van der Waals surface area contributed by atoms with Gasteiger partial charge in [-0.2, -0.15) is 13.0 Å². The van der Waals surface area contributed by atoms with Crippen molar-refractivity contribution in [3.05, 3.63) is 18.2 Å². The van der Waals surface area contributed by atoms with Crippen LogP contribution < -0.4 is 5.32 Å². The summed E-state index contributed by atoms with van der Waals surface area (Å²) in [6.45, 7) is 5.93. The number of rotatable bonds is 4. The highest BCUT2D eigenvalue weighted by Crippen LogP contribution is 2.38. The minimum Gasteiger partial charge on any atom is -0.316 e. The smallest absolute Gasteiger partial charge is 0.245 e. The summed E-state index contributed by atoms with van der Waals surface area (Å²) in [6.07, 6.45) is 2.51. The molecule has 3 heterocycles. The van der Waals surface area contributed by atoms with E-state index in [0.29, 0.717) is 30.4 Å². The van der Waals surface area contributed by atoms with Gasteiger partial charge in [0.05, 0.1) is 11.4 Å². The molecule has 1 N–H and O–H groups in total. The van der Waals surface area contributed by atoms with Crippen LogP contribution in [-0.2, 0) is 21.4 Å². The Labute approximate surface area is 164 Å². The van der Waals surface area contributed by atoms with E-state index >= 15 is 0 Å². The van der Waals surface area contributed by atoms with E-state index in [2.05, 4.69) is 18.9 Å². The second-order valence-corrected chi connectivity index (χ2v) is 9.24. The molecule has 0 aromatic heterocycles. The molecule has 0 amide bonds. The third-order valence-corrected chi connectivity index (χ3v) is 7.59. The summed E-state index contributed by atoms with van der Waals surface area (Å²) in [7, 11) is -3.52. The van der Waals surface area contributed by atoms with Crippen LogP contribution in [0.1, 0.15) is 12.8 Å². The molecule has 26 heavy (non-hydrogen) atoms. The second kappa shape index (κ2) is 8.45. The Balaban J connectivity index is 0.00000196. The van der Waals surface area contributed by atoms with Gasteiger partial charge in [0.15, 0.2) is 0 Å². The highest BCUT2D eigenvalue weighted by atomic mass is 35.5. The number of nitrogens with zero attached hydrogens (tertiary/aromatic N) is 4. The molecule has 0 saturated carbocycles. The predicted octanol–water partition coefficient (Wildman–Crippen LogP) is 2.14. The first-order valence-corrected chi connectivity index (χ1v) is 11.0. The number of hydrogen-bond donors (Lipinski definition) is 1. The quantitative estimate of drug-likeness (QED) is 0.826. The van der Waals surface area contributed by atoms with E-state index in [1.54, 1.807) is 22.5 Å². The SMILES string of the molecule is Cl.O=S(=O)(c1cccc2c1N=S=N2)N1CCN(CC2CCCNC2)CC1. The molecule has 1 unspecified atom stereocenters. The Morgan fingerprint density at radius 2 is 2.00 bits per heavy atom. The molecule has 1 atom stereocenters. The predicted molar refractivity (Wildman–Crippen MR) is 106 cm³/mol. The fourth-order valence-corrected chi connectivity index (χ4v) is 5.90. The normalized spacial score (nSPS) is 23.9. The van der Waals surface area contributed by atoms with E-state index in [-0.39, 0.29) is 17.3 Å². The molecule has 7 nitrogen and oxygen atoms in total. The fraction of sp³-hybridized carbons (Fsp3) is 0.625. The zero-order chi connectivity index (χ0) is 17.3. The molecule has 2 saturated heterocycles. The van der Waals surface area contributed by atoms with Crippen molar-refractivity contribution in [2.75, 3.05) is 45.8 Å². The molecule has 144 valence electrons. The van der Waals surface area contributed by atoms with Crippen molar-refractivity contribution in [3.8, 4) is 0 Å². The summed E-state index contributed by atoms with van der Waals surface area (Å²) in [5.74, 6) is 0.687. The van der Waals surface area contributed by atoms with Crippen molar-refractivity contribution in [1.29, 1.82) is 0 Å². The van der Waals surface area contributed by atoms with Gasteiger partial charge >= 0.3 is 0 Å². The number of halogens is 1. The molecule has 3 aliphatic heterocycles. The summed E-state index contributed by atoms with van der Waals surface area (Å²) < 4.78 is 36.0. The van der Waals surface area contributed by atoms with Gasteiger partial charge in [-0.25, -0.2) is 8.42 Å². The summed E-state index contributed by atoms with van der Waals surface area (Å²) in [4.78, 5) is 2.68. The molecule has 2 fully saturated rings. The highest BCUT2D eigenvalue weighted by Gasteiger charge is 2.32. The van der Waals surface area contributed by atoms with Gasteiger partial charge in [-0.15, -0.1) is 12.4 Å². The van der Waals surface area contributed by atoms with Crippen LogP contribution in [0.3, 0.4) is 0 Å². The maximum atomic E-state index is 13.0. The number of fused-ring (bicyclic) bond motifs is 1. The lowest BCUT2D eigenvalue weighted by molar-refractivity contribution is 0.154. The molecular formula is C16H24ClN5O2S2. The van der Waals surface area contributed by atoms with Crippen LogP contribution in [0.4, 0.5) is 11.4 Å². The molecule has 0 bridgehead atoms. The summed E-state index contributed by atoms with van der Waals surface area (Å²) >= 11 is 1.05. The average molecular weight is 418 g/mol. The van der Waals surface area contributed by atoms with Gasteiger partial charge in [0.2, 0.25) is 10.0 Å². The minimum absolute atomic E-state index is 0. The zero-order valence-corrected chi connectivity index (χ0v) is 17.0. The number of hydrogen-bond acceptors (Lipinski definition) is 6. The first-order valence-electron chi connectivity index (χ1n) is 8.79. The van der Waals surface area contributed by atoms with E-state index in [9.17, 15) is 8.42 Å². The Morgan fingerprint density at radius 3 is 2.73 bits per heavy atom. The lowest BCUT2D eigenvalue weighted by Gasteiger charge is -2.36. The summed E-state index contributed by atoms with van der Waals surface area (Å²) in [6, 6.07) is 5.18. The van der Waals surface area contributed by atoms with Gasteiger partial charge in [-0.1, -0.05) is 6.07 Å². The first kappa shape index (κ1) is 19.9. The average Bonchev–Trinajstić information content (AvgIpc) is 3.11. The Kier molecular flexibility index (Phi) is 6.47. The van der Waals surface area contributed by atoms with E-state index in [1.165, 1.54) is 12.8 Å². The molecule has 3 aliphatic rings. The van der Waals surface area contributed by atoms with Crippen LogP contribution in [-0.4, -0.2) is 63.4 Å². The van der Waals surface area contributed by atoms with Gasteiger partial charge in [-0.3, -0.25) is 0 Å². The van der Waals surface area contributed by atoms with Crippen LogP contribution in [0, 0.1) is 5.92 Å². The molecule has 0 aliphatic carbocycles. The minimum atomic E-state index is -3.52. The Morgan fingerprint density at radius 1 is 1.19 bits per heavy atom. The van der Waals surface area contributed by atoms with Crippen molar-refractivity contribution in [2.24, 2.45) is 14.6 Å². The first-order chi connectivity index (χ1) is 12.1. The molecule has 10 heteroatoms. The standard InChI is InChI=1S/C16H23N5O2S2.ClH/c22-25(23,15-5-1-4-14-16(15)19-24-18-14)21-9-7-20(8-10-21)12-13-3-2-6-17-11-13;/h1,4-5,13,17H,2-3,6-12H2;1H. The number of benzene rings is 1. The lowest BCUT2D eigenvalue weighted by Crippen LogP contribution is -2.50. The maximum absolute atomic E-state index is 13.0. The van der Waals surface area contributed by atoms with Gasteiger partial charge in [0, 0.05) is 32.7 Å². The topological polar surface area (TPSA) is 77.4 Å². The summed E-state index contributed by atoms with van der Waals surface area (Å²) in [5.41, 5.74) is 1.14. The fourth-order valence-electron chi connectivity index (χ4n) is 3.73. The lowest BCUT2D eigenvalue weighted by atomic mass is 9.99. The van der Waals surface area contributed by atoms with E-state index < -0.39 is 10.0 Å². The third-order valence-electron chi connectivity index (χ3n) is 5.11. The van der Waals surface area contributed by atoms with Crippen LogP contribution in [0.15, 0.2) is 31.8 Å². The Hall–Kier alpha value is -0.840. The molecule has 1 aromatic carbocycles.